The van der Waals surface area contributed by atoms with Gasteiger partial charge in [-0.1, -0.05) is 42.5 Å². The molecule has 2 N–H and O–H groups in total. The third-order valence-electron chi connectivity index (χ3n) is 5.11. The van der Waals surface area contributed by atoms with Gasteiger partial charge in [-0.15, -0.1) is 0 Å². The monoisotopic (exact) mass is 434 g/mol. The summed E-state index contributed by atoms with van der Waals surface area (Å²) in [6.07, 6.45) is 6.30. The molecule has 3 rings (SSSR count). The van der Waals surface area contributed by atoms with Crippen molar-refractivity contribution >= 4 is 46.4 Å². The molecule has 29 heavy (non-hydrogen) atoms. The number of carbonyl (C=O) groups excluding carboxylic acids is 2. The van der Waals surface area contributed by atoms with Crippen LogP contribution in [0.2, 0.25) is 10.0 Å². The summed E-state index contributed by atoms with van der Waals surface area (Å²) < 4.78 is 5.34. The van der Waals surface area contributed by atoms with Gasteiger partial charge in [-0.3, -0.25) is 9.59 Å². The Hall–Kier alpha value is -2.24. The highest BCUT2D eigenvalue weighted by Crippen LogP contribution is 2.30. The molecule has 0 bridgehead atoms. The van der Waals surface area contributed by atoms with E-state index in [4.69, 9.17) is 27.9 Å². The Balaban J connectivity index is 1.70. The third-order valence-corrected chi connectivity index (χ3v) is 5.85. The predicted molar refractivity (Wildman–Crippen MR) is 117 cm³/mol. The molecule has 2 amide bonds. The summed E-state index contributed by atoms with van der Waals surface area (Å²) >= 11 is 11.9. The molecular weight excluding hydrogens is 411 g/mol. The molecule has 0 saturated heterocycles. The lowest BCUT2D eigenvalue weighted by atomic mass is 9.87. The molecule has 0 atom stereocenters. The van der Waals surface area contributed by atoms with Crippen molar-refractivity contribution in [1.29, 1.82) is 0 Å². The zero-order chi connectivity index (χ0) is 20.8. The molecule has 154 valence electrons. The number of rotatable bonds is 6. The second-order valence-electron chi connectivity index (χ2n) is 7.25. The van der Waals surface area contributed by atoms with E-state index in [-0.39, 0.29) is 11.8 Å². The Kier molecular flexibility index (Phi) is 7.40. The van der Waals surface area contributed by atoms with E-state index in [0.29, 0.717) is 45.1 Å². The van der Waals surface area contributed by atoms with E-state index in [0.717, 1.165) is 12.8 Å². The van der Waals surface area contributed by atoms with Gasteiger partial charge in [-0.05, 0) is 55.2 Å². The third kappa shape index (κ3) is 5.87. The van der Waals surface area contributed by atoms with Gasteiger partial charge in [0.1, 0.15) is 5.75 Å². The summed E-state index contributed by atoms with van der Waals surface area (Å²) in [6, 6.07) is 9.79. The van der Waals surface area contributed by atoms with Crippen LogP contribution in [0.1, 0.15) is 48.9 Å². The van der Waals surface area contributed by atoms with Crippen LogP contribution in [0.3, 0.4) is 0 Å². The van der Waals surface area contributed by atoms with Crippen LogP contribution in [-0.2, 0) is 4.79 Å². The van der Waals surface area contributed by atoms with Gasteiger partial charge in [0.2, 0.25) is 5.91 Å². The van der Waals surface area contributed by atoms with E-state index >= 15 is 0 Å². The van der Waals surface area contributed by atoms with Crippen molar-refractivity contribution in [1.82, 2.24) is 0 Å². The fourth-order valence-corrected chi connectivity index (χ4v) is 3.88. The molecule has 1 saturated carbocycles. The second kappa shape index (κ2) is 9.99. The number of halogens is 2. The van der Waals surface area contributed by atoms with Gasteiger partial charge in [-0.25, -0.2) is 0 Å². The predicted octanol–water partition coefficient (Wildman–Crippen LogP) is 6.16. The minimum absolute atomic E-state index is 0.0581. The lowest BCUT2D eigenvalue weighted by molar-refractivity contribution is -0.117. The fraction of sp³-hybridized carbons (Fsp3) is 0.364. The number of benzene rings is 2. The molecule has 0 aliphatic heterocycles. The van der Waals surface area contributed by atoms with Crippen LogP contribution in [0, 0.1) is 5.92 Å². The minimum atomic E-state index is -0.325. The molecule has 1 aliphatic carbocycles. The van der Waals surface area contributed by atoms with E-state index in [1.54, 1.807) is 36.4 Å². The average Bonchev–Trinajstić information content (AvgIpc) is 2.71. The van der Waals surface area contributed by atoms with Crippen molar-refractivity contribution in [3.05, 3.63) is 52.0 Å². The summed E-state index contributed by atoms with van der Waals surface area (Å²) in [5.41, 5.74) is 1.41. The first-order valence-corrected chi connectivity index (χ1v) is 10.5. The molecule has 0 radical (unpaired) electrons. The van der Waals surface area contributed by atoms with E-state index in [9.17, 15) is 9.59 Å². The van der Waals surface area contributed by atoms with Gasteiger partial charge >= 0.3 is 0 Å². The van der Waals surface area contributed by atoms with Gasteiger partial charge in [-0.2, -0.15) is 0 Å². The van der Waals surface area contributed by atoms with Crippen LogP contribution in [0.25, 0.3) is 0 Å². The zero-order valence-corrected chi connectivity index (χ0v) is 17.8. The molecule has 0 spiro atoms. The highest BCUT2D eigenvalue weighted by Gasteiger charge is 2.19. The Morgan fingerprint density at radius 1 is 1.00 bits per heavy atom. The summed E-state index contributed by atoms with van der Waals surface area (Å²) in [5.74, 6) is 0.551. The van der Waals surface area contributed by atoms with E-state index < -0.39 is 0 Å². The largest absolute Gasteiger partial charge is 0.495 e. The van der Waals surface area contributed by atoms with Crippen LogP contribution in [0.4, 0.5) is 11.4 Å². The van der Waals surface area contributed by atoms with E-state index in [2.05, 4.69) is 10.6 Å². The van der Waals surface area contributed by atoms with Crippen molar-refractivity contribution in [2.45, 2.75) is 38.5 Å². The number of carbonyl (C=O) groups is 2. The fourth-order valence-electron chi connectivity index (χ4n) is 3.58. The average molecular weight is 435 g/mol. The maximum absolute atomic E-state index is 12.6. The first-order valence-electron chi connectivity index (χ1n) is 9.70. The number of hydrogen-bond donors (Lipinski definition) is 2. The highest BCUT2D eigenvalue weighted by molar-refractivity contribution is 6.42. The van der Waals surface area contributed by atoms with Gasteiger partial charge in [0.05, 0.1) is 22.8 Å². The molecule has 2 aromatic rings. The van der Waals surface area contributed by atoms with Crippen molar-refractivity contribution in [3.8, 4) is 5.75 Å². The highest BCUT2D eigenvalue weighted by atomic mass is 35.5. The molecule has 7 heteroatoms. The summed E-state index contributed by atoms with van der Waals surface area (Å²) in [5, 5.41) is 6.45. The maximum atomic E-state index is 12.6. The lowest BCUT2D eigenvalue weighted by Gasteiger charge is -2.21. The van der Waals surface area contributed by atoms with Crippen LogP contribution in [0.15, 0.2) is 36.4 Å². The Morgan fingerprint density at radius 3 is 2.45 bits per heavy atom. The van der Waals surface area contributed by atoms with Crippen molar-refractivity contribution in [2.24, 2.45) is 5.92 Å². The lowest BCUT2D eigenvalue weighted by Crippen LogP contribution is -2.19. The van der Waals surface area contributed by atoms with Crippen molar-refractivity contribution < 1.29 is 14.3 Å². The standard InChI is InChI=1S/C22H24Cl2N2O3/c1-29-20-10-7-15(22(28)25-16-8-9-17(23)18(24)13-16)12-19(20)26-21(27)11-14-5-3-2-4-6-14/h7-10,12-14H,2-6,11H2,1H3,(H,25,28)(H,26,27). The molecule has 0 heterocycles. The number of methoxy groups -OCH3 is 1. The Morgan fingerprint density at radius 2 is 1.76 bits per heavy atom. The molecule has 1 aliphatic rings. The molecule has 0 unspecified atom stereocenters. The summed E-state index contributed by atoms with van der Waals surface area (Å²) in [6.45, 7) is 0. The minimum Gasteiger partial charge on any atom is -0.495 e. The SMILES string of the molecule is COc1ccc(C(=O)Nc2ccc(Cl)c(Cl)c2)cc1NC(=O)CC1CCCCC1. The topological polar surface area (TPSA) is 67.4 Å². The second-order valence-corrected chi connectivity index (χ2v) is 8.07. The quantitative estimate of drug-likeness (QED) is 0.571. The van der Waals surface area contributed by atoms with Crippen molar-refractivity contribution in [2.75, 3.05) is 17.7 Å². The van der Waals surface area contributed by atoms with Gasteiger partial charge < -0.3 is 15.4 Å². The molecule has 5 nitrogen and oxygen atoms in total. The normalized spacial score (nSPS) is 14.3. The Bertz CT molecular complexity index is 896. The van der Waals surface area contributed by atoms with Gasteiger partial charge in [0.15, 0.2) is 0 Å². The van der Waals surface area contributed by atoms with E-state index in [1.807, 2.05) is 0 Å². The molecule has 0 aromatic heterocycles. The van der Waals surface area contributed by atoms with Crippen LogP contribution in [0.5, 0.6) is 5.75 Å². The molecule has 1 fully saturated rings. The number of amides is 2. The first-order chi connectivity index (χ1) is 14.0. The first kappa shape index (κ1) is 21.5. The number of hydrogen-bond acceptors (Lipinski definition) is 3. The smallest absolute Gasteiger partial charge is 0.255 e. The van der Waals surface area contributed by atoms with E-state index in [1.165, 1.54) is 26.4 Å². The molecular formula is C22H24Cl2N2O3. The van der Waals surface area contributed by atoms with Crippen LogP contribution >= 0.6 is 23.2 Å². The van der Waals surface area contributed by atoms with Crippen molar-refractivity contribution in [3.63, 3.8) is 0 Å². The van der Waals surface area contributed by atoms with Gasteiger partial charge in [0.25, 0.3) is 5.91 Å². The summed E-state index contributed by atoms with van der Waals surface area (Å²) in [7, 11) is 1.53. The zero-order valence-electron chi connectivity index (χ0n) is 16.3. The molecule has 2 aromatic carbocycles. The Labute approximate surface area is 180 Å². The van der Waals surface area contributed by atoms with Crippen LogP contribution < -0.4 is 15.4 Å². The number of ether oxygens (including phenoxy) is 1. The van der Waals surface area contributed by atoms with Gasteiger partial charge in [0, 0.05) is 17.7 Å². The number of nitrogens with one attached hydrogen (secondary N) is 2. The van der Waals surface area contributed by atoms with Crippen LogP contribution in [-0.4, -0.2) is 18.9 Å². The number of anilines is 2. The maximum Gasteiger partial charge on any atom is 0.255 e. The summed E-state index contributed by atoms with van der Waals surface area (Å²) in [4.78, 5) is 25.1.